The van der Waals surface area contributed by atoms with Crippen LogP contribution in [0.5, 0.6) is 0 Å². The number of amidine groups is 1. The fourth-order valence-corrected chi connectivity index (χ4v) is 6.73. The number of halogens is 2. The van der Waals surface area contributed by atoms with Crippen LogP contribution in [0.4, 0.5) is 4.39 Å². The van der Waals surface area contributed by atoms with Crippen LogP contribution < -0.4 is 22.1 Å². The summed E-state index contributed by atoms with van der Waals surface area (Å²) in [5, 5.41) is 15.3. The van der Waals surface area contributed by atoms with Gasteiger partial charge in [-0.25, -0.2) is 9.18 Å². The normalized spacial score (nSPS) is 20.2. The summed E-state index contributed by atoms with van der Waals surface area (Å²) in [7, 11) is 0. The molecule has 1 unspecified atom stereocenters. The lowest BCUT2D eigenvalue weighted by atomic mass is 9.83. The highest BCUT2D eigenvalue weighted by atomic mass is 35.5. The van der Waals surface area contributed by atoms with E-state index in [1.807, 2.05) is 24.3 Å². The minimum Gasteiger partial charge on any atom is -0.374 e. The molecule has 2 aliphatic rings. The van der Waals surface area contributed by atoms with Crippen LogP contribution in [0, 0.1) is 11.2 Å². The van der Waals surface area contributed by atoms with Crippen molar-refractivity contribution in [2.75, 3.05) is 6.54 Å². The lowest BCUT2D eigenvalue weighted by Gasteiger charge is -2.40. The molecule has 1 saturated heterocycles. The standard InChI is InChI=1S/C35H41ClFN7O/c1-21(38)40-16-15-35(2)14-4-7-30(43-35)24-10-12-26(13-11-24)44-20-25-19-31(41-33(25)42-34(44)45)27-17-22(18-28(36)32(27)37)5-3-6-29(39)23-8-9-23/h8,10-13,17-20,29-30,43H,3-7,9,14-16,39H2,1-2H3,(H2,38,40)(H,41,42,45)/t29-,30+,35?/m1/s1. The molecule has 10 heteroatoms. The van der Waals surface area contributed by atoms with Crippen molar-refractivity contribution in [3.63, 3.8) is 0 Å². The maximum Gasteiger partial charge on any atom is 0.354 e. The molecule has 0 amide bonds. The number of nitrogens with one attached hydrogen (secondary N) is 4. The lowest BCUT2D eigenvalue weighted by molar-refractivity contribution is 0.213. The molecule has 8 nitrogen and oxygen atoms in total. The van der Waals surface area contributed by atoms with Crippen molar-refractivity contribution >= 4 is 28.5 Å². The van der Waals surface area contributed by atoms with Crippen molar-refractivity contribution in [2.24, 2.45) is 5.73 Å². The predicted octanol–water partition coefficient (Wildman–Crippen LogP) is 6.70. The SMILES string of the molecule is CC(=N)NCCC1(C)CCC[C@@H](c2ccc(-n3cc4cc(-c5cc(CCC[C@@H](N)C6=CC6)cc(Cl)c5F)[nH]c4nc3=O)cc2)N1. The van der Waals surface area contributed by atoms with Crippen LogP contribution in [0.3, 0.4) is 0 Å². The van der Waals surface area contributed by atoms with Crippen LogP contribution >= 0.6 is 11.6 Å². The molecule has 1 fully saturated rings. The zero-order valence-electron chi connectivity index (χ0n) is 25.9. The number of allylic oxidation sites excluding steroid dienone is 1. The number of aromatic nitrogens is 3. The molecule has 3 heterocycles. The average Bonchev–Trinajstić information content (AvgIpc) is 3.78. The van der Waals surface area contributed by atoms with Crippen LogP contribution in [0.15, 0.2) is 65.1 Å². The van der Waals surface area contributed by atoms with E-state index in [-0.39, 0.29) is 22.6 Å². The highest BCUT2D eigenvalue weighted by Gasteiger charge is 2.31. The minimum atomic E-state index is -0.508. The molecular weight excluding hydrogens is 589 g/mol. The smallest absolute Gasteiger partial charge is 0.354 e. The van der Waals surface area contributed by atoms with Gasteiger partial charge < -0.3 is 21.4 Å². The Bertz CT molecular complexity index is 1810. The van der Waals surface area contributed by atoms with E-state index < -0.39 is 11.5 Å². The van der Waals surface area contributed by atoms with Gasteiger partial charge in [0.15, 0.2) is 5.82 Å². The first-order valence-electron chi connectivity index (χ1n) is 15.8. The summed E-state index contributed by atoms with van der Waals surface area (Å²) < 4.78 is 16.8. The molecule has 0 radical (unpaired) electrons. The summed E-state index contributed by atoms with van der Waals surface area (Å²) in [5.41, 5.74) is 11.2. The van der Waals surface area contributed by atoms with Crippen molar-refractivity contribution in [3.8, 4) is 16.9 Å². The first-order valence-corrected chi connectivity index (χ1v) is 16.2. The van der Waals surface area contributed by atoms with E-state index in [4.69, 9.17) is 22.7 Å². The van der Waals surface area contributed by atoms with Gasteiger partial charge in [0.1, 0.15) is 5.65 Å². The number of aryl methyl sites for hydroxylation is 1. The second-order valence-corrected chi connectivity index (χ2v) is 13.3. The molecule has 3 atom stereocenters. The molecule has 4 aromatic rings. The maximum atomic E-state index is 15.2. The number of nitrogens with zero attached hydrogens (tertiary/aromatic N) is 2. The highest BCUT2D eigenvalue weighted by Crippen LogP contribution is 2.34. The van der Waals surface area contributed by atoms with Crippen LogP contribution in [-0.4, -0.2) is 38.5 Å². The number of piperidine rings is 1. The summed E-state index contributed by atoms with van der Waals surface area (Å²) in [5.74, 6) is -0.0219. The molecule has 45 heavy (non-hydrogen) atoms. The number of hydrogen-bond donors (Lipinski definition) is 5. The number of H-pyrrole nitrogens is 1. The van der Waals surface area contributed by atoms with Gasteiger partial charge in [-0.2, -0.15) is 4.98 Å². The Kier molecular flexibility index (Phi) is 8.95. The van der Waals surface area contributed by atoms with Gasteiger partial charge in [-0.05, 0) is 107 Å². The summed E-state index contributed by atoms with van der Waals surface area (Å²) >= 11 is 6.31. The number of nitrogens with two attached hydrogens (primary N) is 1. The van der Waals surface area contributed by atoms with Gasteiger partial charge in [0.25, 0.3) is 0 Å². The van der Waals surface area contributed by atoms with E-state index in [1.165, 1.54) is 15.7 Å². The van der Waals surface area contributed by atoms with Crippen molar-refractivity contribution in [1.82, 2.24) is 25.2 Å². The van der Waals surface area contributed by atoms with Gasteiger partial charge in [-0.15, -0.1) is 0 Å². The van der Waals surface area contributed by atoms with E-state index in [2.05, 4.69) is 45.7 Å². The van der Waals surface area contributed by atoms with E-state index in [0.29, 0.717) is 33.8 Å². The summed E-state index contributed by atoms with van der Waals surface area (Å²) in [6.45, 7) is 4.78. The number of benzene rings is 2. The first kappa shape index (κ1) is 31.2. The van der Waals surface area contributed by atoms with Gasteiger partial charge in [0.2, 0.25) is 0 Å². The highest BCUT2D eigenvalue weighted by molar-refractivity contribution is 6.31. The van der Waals surface area contributed by atoms with Crippen molar-refractivity contribution in [2.45, 2.75) is 82.8 Å². The van der Waals surface area contributed by atoms with Crippen molar-refractivity contribution in [3.05, 3.63) is 92.8 Å². The summed E-state index contributed by atoms with van der Waals surface area (Å²) in [6, 6.07) is 13.6. The molecule has 6 rings (SSSR count). The monoisotopic (exact) mass is 629 g/mol. The maximum absolute atomic E-state index is 15.2. The Morgan fingerprint density at radius 1 is 1.29 bits per heavy atom. The predicted molar refractivity (Wildman–Crippen MR) is 180 cm³/mol. The third-order valence-corrected chi connectivity index (χ3v) is 9.44. The fraction of sp³-hybridized carbons (Fsp3) is 0.400. The largest absolute Gasteiger partial charge is 0.374 e. The van der Waals surface area contributed by atoms with Gasteiger partial charge >= 0.3 is 5.69 Å². The molecule has 236 valence electrons. The summed E-state index contributed by atoms with van der Waals surface area (Å²) in [6.07, 6.45) is 11.6. The zero-order chi connectivity index (χ0) is 31.7. The molecule has 2 aromatic heterocycles. The number of hydrogen-bond acceptors (Lipinski definition) is 5. The van der Waals surface area contributed by atoms with Crippen LogP contribution in [0.2, 0.25) is 5.02 Å². The molecule has 0 bridgehead atoms. The number of aromatic amines is 1. The first-order chi connectivity index (χ1) is 21.6. The van der Waals surface area contributed by atoms with E-state index >= 15 is 4.39 Å². The zero-order valence-corrected chi connectivity index (χ0v) is 26.6. The van der Waals surface area contributed by atoms with Crippen LogP contribution in [0.25, 0.3) is 28.0 Å². The quantitative estimate of drug-likeness (QED) is 0.0717. The molecule has 2 aromatic carbocycles. The second kappa shape index (κ2) is 12.9. The molecule has 1 aliphatic carbocycles. The number of fused-ring (bicyclic) bond motifs is 1. The van der Waals surface area contributed by atoms with Crippen LogP contribution in [-0.2, 0) is 6.42 Å². The van der Waals surface area contributed by atoms with E-state index in [1.54, 1.807) is 19.2 Å². The van der Waals surface area contributed by atoms with E-state index in [9.17, 15) is 4.79 Å². The van der Waals surface area contributed by atoms with Crippen molar-refractivity contribution in [1.29, 1.82) is 5.41 Å². The molecular formula is C35H41ClFN7O. The lowest BCUT2D eigenvalue weighted by Crippen LogP contribution is -2.49. The molecule has 0 spiro atoms. The number of rotatable bonds is 11. The fourth-order valence-electron chi connectivity index (χ4n) is 6.48. The average molecular weight is 630 g/mol. The Hall–Kier alpha value is -3.79. The minimum absolute atomic E-state index is 0.00720. The van der Waals surface area contributed by atoms with Gasteiger partial charge in [0, 0.05) is 41.3 Å². The third kappa shape index (κ3) is 7.21. The second-order valence-electron chi connectivity index (χ2n) is 12.8. The Morgan fingerprint density at radius 3 is 2.80 bits per heavy atom. The molecule has 1 aliphatic heterocycles. The summed E-state index contributed by atoms with van der Waals surface area (Å²) in [4.78, 5) is 20.5. The molecule has 6 N–H and O–H groups in total. The van der Waals surface area contributed by atoms with Gasteiger partial charge in [-0.3, -0.25) is 9.98 Å². The van der Waals surface area contributed by atoms with Gasteiger partial charge in [0.05, 0.1) is 22.2 Å². The topological polar surface area (TPSA) is 125 Å². The Morgan fingerprint density at radius 2 is 2.07 bits per heavy atom. The van der Waals surface area contributed by atoms with Crippen LogP contribution in [0.1, 0.15) is 76.0 Å². The third-order valence-electron chi connectivity index (χ3n) is 9.17. The Labute approximate surface area is 267 Å². The molecule has 0 saturated carbocycles. The van der Waals surface area contributed by atoms with E-state index in [0.717, 1.165) is 63.5 Å². The Balaban J connectivity index is 1.19. The van der Waals surface area contributed by atoms with Gasteiger partial charge in [-0.1, -0.05) is 35.4 Å². The van der Waals surface area contributed by atoms with Crippen molar-refractivity contribution < 1.29 is 4.39 Å².